The Kier molecular flexibility index (Phi) is 3.99. The largest absolute Gasteiger partial charge is 0.508 e. The molecule has 3 unspecified atom stereocenters. The summed E-state index contributed by atoms with van der Waals surface area (Å²) >= 11 is 0. The summed E-state index contributed by atoms with van der Waals surface area (Å²) < 4.78 is 0. The summed E-state index contributed by atoms with van der Waals surface area (Å²) in [4.78, 5) is 0. The van der Waals surface area contributed by atoms with Crippen LogP contribution in [0.15, 0.2) is 30.4 Å². The van der Waals surface area contributed by atoms with Gasteiger partial charge in [0.2, 0.25) is 0 Å². The maximum atomic E-state index is 10.6. The first kappa shape index (κ1) is 16.2. The molecule has 0 aliphatic heterocycles. The number of rotatable bonds is 2. The second-order valence-electron chi connectivity index (χ2n) is 8.58. The van der Waals surface area contributed by atoms with Gasteiger partial charge in [-0.3, -0.25) is 0 Å². The lowest BCUT2D eigenvalue weighted by Crippen LogP contribution is -2.47. The van der Waals surface area contributed by atoms with Gasteiger partial charge in [0.25, 0.3) is 0 Å². The van der Waals surface area contributed by atoms with E-state index in [1.807, 2.05) is 12.1 Å². The highest BCUT2D eigenvalue weighted by Crippen LogP contribution is 2.62. The van der Waals surface area contributed by atoms with E-state index in [1.165, 1.54) is 24.0 Å². The van der Waals surface area contributed by atoms with Crippen molar-refractivity contribution in [1.82, 2.24) is 0 Å². The van der Waals surface area contributed by atoms with E-state index in [0.29, 0.717) is 29.4 Å². The number of allylic oxidation sites excluding steroid dienone is 2. The van der Waals surface area contributed by atoms with Crippen LogP contribution in [0, 0.1) is 23.2 Å². The van der Waals surface area contributed by atoms with Gasteiger partial charge in [0.1, 0.15) is 5.75 Å². The Bertz CT molecular complexity index is 649. The molecule has 0 amide bonds. The van der Waals surface area contributed by atoms with Crippen molar-refractivity contribution in [3.8, 4) is 5.75 Å². The Hall–Kier alpha value is -1.28. The Balaban J connectivity index is 1.76. The molecular weight excluding hydrogens is 296 g/mol. The van der Waals surface area contributed by atoms with Crippen molar-refractivity contribution in [3.05, 3.63) is 41.5 Å². The summed E-state index contributed by atoms with van der Waals surface area (Å²) in [5, 5.41) is 20.5. The first-order valence-electron chi connectivity index (χ1n) is 9.65. The van der Waals surface area contributed by atoms with Crippen molar-refractivity contribution in [1.29, 1.82) is 0 Å². The predicted molar refractivity (Wildman–Crippen MR) is 97.0 cm³/mol. The van der Waals surface area contributed by atoms with E-state index in [4.69, 9.17) is 0 Å². The van der Waals surface area contributed by atoms with E-state index in [0.717, 1.165) is 25.7 Å². The topological polar surface area (TPSA) is 40.5 Å². The quantitative estimate of drug-likeness (QED) is 0.766. The lowest BCUT2D eigenvalue weighted by atomic mass is 9.52. The number of aliphatic hydroxyl groups is 1. The van der Waals surface area contributed by atoms with Gasteiger partial charge in [-0.2, -0.15) is 0 Å². The number of phenols is 1. The van der Waals surface area contributed by atoms with Gasteiger partial charge in [-0.1, -0.05) is 25.1 Å². The first-order chi connectivity index (χ1) is 11.5. The van der Waals surface area contributed by atoms with Crippen LogP contribution in [0.4, 0.5) is 0 Å². The summed E-state index contributed by atoms with van der Waals surface area (Å²) in [6.07, 6.45) is 11.0. The number of fused-ring (bicyclic) bond motifs is 5. The van der Waals surface area contributed by atoms with Crippen LogP contribution in [0.25, 0.3) is 0 Å². The molecular formula is C22H30O2. The van der Waals surface area contributed by atoms with E-state index in [1.54, 1.807) is 0 Å². The molecule has 0 heterocycles. The molecule has 0 aromatic heterocycles. The van der Waals surface area contributed by atoms with E-state index >= 15 is 0 Å². The van der Waals surface area contributed by atoms with Crippen LogP contribution in [0.1, 0.15) is 63.0 Å². The van der Waals surface area contributed by atoms with Crippen molar-refractivity contribution in [2.45, 2.75) is 64.4 Å². The minimum atomic E-state index is -0.118. The van der Waals surface area contributed by atoms with Crippen LogP contribution in [-0.4, -0.2) is 16.3 Å². The zero-order chi connectivity index (χ0) is 16.9. The second-order valence-corrected chi connectivity index (χ2v) is 8.58. The van der Waals surface area contributed by atoms with Gasteiger partial charge in [-0.15, -0.1) is 0 Å². The van der Waals surface area contributed by atoms with Crippen LogP contribution >= 0.6 is 0 Å². The number of hydrogen-bond donors (Lipinski definition) is 2. The smallest absolute Gasteiger partial charge is 0.115 e. The van der Waals surface area contributed by atoms with Gasteiger partial charge in [-0.05, 0) is 97.8 Å². The molecule has 130 valence electrons. The number of benzene rings is 1. The Labute approximate surface area is 145 Å². The SMILES string of the molecule is CC=CC[C@@H]1Cc2cc(O)ccc2C2CC[C@@]3(C)C(CC[C@@H]3O)C21. The number of aliphatic hydroxyl groups excluding tert-OH is 1. The molecule has 2 heteroatoms. The standard InChI is InChI=1S/C22H30O2/c1-3-4-5-14-12-15-13-16(23)6-7-17(15)18-10-11-22(2)19(21(14)18)8-9-20(22)24/h3-4,6-7,13-14,18-21,23-24H,5,8-12H2,1-2H3/t14-,18?,19?,20+,21?,22+/m1/s1. The molecule has 4 rings (SSSR count). The maximum Gasteiger partial charge on any atom is 0.115 e. The summed E-state index contributed by atoms with van der Waals surface area (Å²) in [5.74, 6) is 2.95. The summed E-state index contributed by atoms with van der Waals surface area (Å²) in [6.45, 7) is 4.44. The summed E-state index contributed by atoms with van der Waals surface area (Å²) in [5.41, 5.74) is 2.94. The molecule has 1 aromatic carbocycles. The van der Waals surface area contributed by atoms with Gasteiger partial charge in [0, 0.05) is 0 Å². The molecule has 2 nitrogen and oxygen atoms in total. The maximum absolute atomic E-state index is 10.6. The molecule has 1 aromatic rings. The molecule has 6 atom stereocenters. The number of aromatic hydroxyl groups is 1. The third kappa shape index (κ3) is 2.34. The molecule has 24 heavy (non-hydrogen) atoms. The minimum Gasteiger partial charge on any atom is -0.508 e. The van der Waals surface area contributed by atoms with E-state index in [2.05, 4.69) is 32.1 Å². The zero-order valence-corrected chi connectivity index (χ0v) is 14.9. The molecule has 0 radical (unpaired) electrons. The van der Waals surface area contributed by atoms with Crippen LogP contribution in [0.3, 0.4) is 0 Å². The molecule has 3 aliphatic carbocycles. The van der Waals surface area contributed by atoms with Gasteiger partial charge >= 0.3 is 0 Å². The van der Waals surface area contributed by atoms with Crippen molar-refractivity contribution in [2.75, 3.05) is 0 Å². The van der Waals surface area contributed by atoms with Crippen LogP contribution in [0.5, 0.6) is 5.75 Å². The third-order valence-electron chi connectivity index (χ3n) is 7.51. The predicted octanol–water partition coefficient (Wildman–Crippen LogP) is 4.80. The lowest BCUT2D eigenvalue weighted by Gasteiger charge is -2.53. The molecule has 0 spiro atoms. The first-order valence-corrected chi connectivity index (χ1v) is 9.65. The second kappa shape index (κ2) is 5.91. The zero-order valence-electron chi connectivity index (χ0n) is 14.9. The van der Waals surface area contributed by atoms with Crippen molar-refractivity contribution >= 4 is 0 Å². The van der Waals surface area contributed by atoms with Gasteiger partial charge < -0.3 is 10.2 Å². The number of hydrogen-bond acceptors (Lipinski definition) is 2. The molecule has 2 fully saturated rings. The Morgan fingerprint density at radius 1 is 1.25 bits per heavy atom. The fourth-order valence-corrected chi connectivity index (χ4v) is 6.29. The normalized spacial score (nSPS) is 41.0. The lowest BCUT2D eigenvalue weighted by molar-refractivity contribution is -0.0377. The van der Waals surface area contributed by atoms with Crippen molar-refractivity contribution < 1.29 is 10.2 Å². The van der Waals surface area contributed by atoms with Gasteiger partial charge in [0.15, 0.2) is 0 Å². The minimum absolute atomic E-state index is 0.115. The van der Waals surface area contributed by atoms with E-state index in [9.17, 15) is 10.2 Å². The number of phenolic OH excluding ortho intramolecular Hbond substituents is 1. The Morgan fingerprint density at radius 3 is 2.88 bits per heavy atom. The fraction of sp³-hybridized carbons (Fsp3) is 0.636. The third-order valence-corrected chi connectivity index (χ3v) is 7.51. The Morgan fingerprint density at radius 2 is 2.08 bits per heavy atom. The fourth-order valence-electron chi connectivity index (χ4n) is 6.29. The van der Waals surface area contributed by atoms with Crippen LogP contribution < -0.4 is 0 Å². The van der Waals surface area contributed by atoms with Gasteiger partial charge in [-0.25, -0.2) is 0 Å². The van der Waals surface area contributed by atoms with E-state index in [-0.39, 0.29) is 11.5 Å². The van der Waals surface area contributed by atoms with Crippen LogP contribution in [-0.2, 0) is 6.42 Å². The van der Waals surface area contributed by atoms with Crippen molar-refractivity contribution in [3.63, 3.8) is 0 Å². The highest BCUT2D eigenvalue weighted by molar-refractivity contribution is 5.41. The molecule has 0 bridgehead atoms. The average molecular weight is 326 g/mol. The van der Waals surface area contributed by atoms with Crippen LogP contribution in [0.2, 0.25) is 0 Å². The average Bonchev–Trinajstić information content (AvgIpc) is 2.87. The monoisotopic (exact) mass is 326 g/mol. The highest BCUT2D eigenvalue weighted by Gasteiger charge is 2.56. The molecule has 3 aliphatic rings. The molecule has 0 saturated heterocycles. The summed E-state index contributed by atoms with van der Waals surface area (Å²) in [7, 11) is 0. The highest BCUT2D eigenvalue weighted by atomic mass is 16.3. The van der Waals surface area contributed by atoms with Gasteiger partial charge in [0.05, 0.1) is 6.10 Å². The van der Waals surface area contributed by atoms with E-state index < -0.39 is 0 Å². The van der Waals surface area contributed by atoms with Crippen molar-refractivity contribution in [2.24, 2.45) is 23.2 Å². The molecule has 2 saturated carbocycles. The summed E-state index contributed by atoms with van der Waals surface area (Å²) in [6, 6.07) is 6.02. The molecule has 2 N–H and O–H groups in total.